The van der Waals surface area contributed by atoms with E-state index < -0.39 is 38.7 Å². The molecule has 2 bridgehead atoms. The third kappa shape index (κ3) is 3.64. The lowest BCUT2D eigenvalue weighted by Gasteiger charge is -2.46. The number of hydrogen-bond acceptors (Lipinski definition) is 5. The third-order valence-electron chi connectivity index (χ3n) is 5.62. The summed E-state index contributed by atoms with van der Waals surface area (Å²) in [5.41, 5.74) is 0.456. The molecule has 0 radical (unpaired) electrons. The molecular formula is C20H28O5Si. The molecule has 142 valence electrons. The Bertz CT molecular complexity index is 679. The quantitative estimate of drug-likeness (QED) is 0.496. The zero-order valence-electron chi connectivity index (χ0n) is 16.0. The molecule has 5 nitrogen and oxygen atoms in total. The maximum absolute atomic E-state index is 12.6. The molecule has 0 saturated carbocycles. The third-order valence-corrected chi connectivity index (χ3v) is 10.1. The van der Waals surface area contributed by atoms with Crippen LogP contribution in [0.3, 0.4) is 0 Å². The van der Waals surface area contributed by atoms with E-state index in [1.165, 1.54) is 0 Å². The highest BCUT2D eigenvalue weighted by molar-refractivity contribution is 6.74. The smallest absolute Gasteiger partial charge is 0.338 e. The number of benzene rings is 1. The fourth-order valence-corrected chi connectivity index (χ4v) is 4.30. The van der Waals surface area contributed by atoms with Gasteiger partial charge in [0.1, 0.15) is 24.4 Å². The standard InChI is InChI=1S/C20H28O5Si/c1-20(2,3)26(4,5)25-17-15-12-11-14(23-15)16(21)18(17)24-19(22)13-9-7-6-8-10-13/h6-12,14-18,21H,1-5H3/t14-,15+,16+,17+,18-/m0/s1. The average Bonchev–Trinajstić information content (AvgIpc) is 3.02. The van der Waals surface area contributed by atoms with Crippen LogP contribution in [0.25, 0.3) is 0 Å². The first-order valence-corrected chi connectivity index (χ1v) is 12.0. The lowest BCUT2D eigenvalue weighted by atomic mass is 9.99. The van der Waals surface area contributed by atoms with Crippen molar-refractivity contribution in [2.45, 2.75) is 69.4 Å². The second kappa shape index (κ2) is 6.92. The number of fused-ring (bicyclic) bond motifs is 2. The molecule has 0 spiro atoms. The van der Waals surface area contributed by atoms with Crippen molar-refractivity contribution in [1.29, 1.82) is 0 Å². The van der Waals surface area contributed by atoms with Gasteiger partial charge in [-0.2, -0.15) is 0 Å². The van der Waals surface area contributed by atoms with Crippen molar-refractivity contribution in [2.75, 3.05) is 0 Å². The number of carbonyl (C=O) groups is 1. The summed E-state index contributed by atoms with van der Waals surface area (Å²) in [4.78, 5) is 12.6. The Morgan fingerprint density at radius 3 is 2.31 bits per heavy atom. The molecule has 0 unspecified atom stereocenters. The van der Waals surface area contributed by atoms with Crippen LogP contribution in [0.5, 0.6) is 0 Å². The van der Waals surface area contributed by atoms with E-state index in [2.05, 4.69) is 33.9 Å². The fraction of sp³-hybridized carbons (Fsp3) is 0.550. The minimum Gasteiger partial charge on any atom is -0.453 e. The topological polar surface area (TPSA) is 65.0 Å². The van der Waals surface area contributed by atoms with Crippen molar-refractivity contribution < 1.29 is 23.8 Å². The van der Waals surface area contributed by atoms with Gasteiger partial charge in [-0.1, -0.05) is 51.1 Å². The Balaban J connectivity index is 1.84. The van der Waals surface area contributed by atoms with Gasteiger partial charge in [0, 0.05) is 0 Å². The summed E-state index contributed by atoms with van der Waals surface area (Å²) in [5, 5.41) is 10.7. The summed E-state index contributed by atoms with van der Waals surface area (Å²) in [6.45, 7) is 10.7. The molecular weight excluding hydrogens is 348 g/mol. The van der Waals surface area contributed by atoms with Crippen molar-refractivity contribution in [3.8, 4) is 0 Å². The van der Waals surface area contributed by atoms with E-state index in [4.69, 9.17) is 13.9 Å². The highest BCUT2D eigenvalue weighted by Gasteiger charge is 2.52. The number of aliphatic hydroxyl groups excluding tert-OH is 1. The van der Waals surface area contributed by atoms with Crippen molar-refractivity contribution in [3.05, 3.63) is 48.0 Å². The molecule has 0 aromatic heterocycles. The van der Waals surface area contributed by atoms with Gasteiger partial charge in [-0.3, -0.25) is 0 Å². The fourth-order valence-electron chi connectivity index (χ4n) is 2.99. The lowest BCUT2D eigenvalue weighted by Crippen LogP contribution is -2.60. The molecule has 2 heterocycles. The number of hydrogen-bond donors (Lipinski definition) is 1. The molecule has 1 fully saturated rings. The minimum atomic E-state index is -2.15. The van der Waals surface area contributed by atoms with Crippen molar-refractivity contribution >= 4 is 14.3 Å². The summed E-state index contributed by atoms with van der Waals surface area (Å²) in [6.07, 6.45) is 0.714. The van der Waals surface area contributed by atoms with E-state index in [0.29, 0.717) is 5.56 Å². The van der Waals surface area contributed by atoms with E-state index >= 15 is 0 Å². The molecule has 1 saturated heterocycles. The van der Waals surface area contributed by atoms with E-state index in [1.54, 1.807) is 24.3 Å². The Morgan fingerprint density at radius 2 is 1.69 bits per heavy atom. The predicted molar refractivity (Wildman–Crippen MR) is 102 cm³/mol. The number of ether oxygens (including phenoxy) is 2. The van der Waals surface area contributed by atoms with Crippen LogP contribution < -0.4 is 0 Å². The second-order valence-electron chi connectivity index (χ2n) is 8.52. The minimum absolute atomic E-state index is 0.00882. The molecule has 1 N–H and O–H groups in total. The molecule has 2 aliphatic heterocycles. The number of aliphatic hydroxyl groups is 1. The molecule has 0 amide bonds. The Kier molecular flexibility index (Phi) is 5.14. The Labute approximate surface area is 156 Å². The van der Waals surface area contributed by atoms with Gasteiger partial charge >= 0.3 is 5.97 Å². The van der Waals surface area contributed by atoms with Crippen LogP contribution in [-0.4, -0.2) is 49.9 Å². The van der Waals surface area contributed by atoms with Gasteiger partial charge in [-0.15, -0.1) is 0 Å². The SMILES string of the molecule is CC(C)(C)[Si](C)(C)O[C@H]1[C@@H](OC(=O)c2ccccc2)[C@H](O)[C@@H]2C=C[C@H]1O2. The van der Waals surface area contributed by atoms with Gasteiger partial charge in [0.2, 0.25) is 0 Å². The zero-order valence-corrected chi connectivity index (χ0v) is 17.0. The van der Waals surface area contributed by atoms with Crippen molar-refractivity contribution in [1.82, 2.24) is 0 Å². The van der Waals surface area contributed by atoms with Crippen LogP contribution in [-0.2, 0) is 13.9 Å². The van der Waals surface area contributed by atoms with Gasteiger partial charge in [-0.05, 0) is 30.3 Å². The van der Waals surface area contributed by atoms with Crippen LogP contribution >= 0.6 is 0 Å². The first-order chi connectivity index (χ1) is 12.1. The van der Waals surface area contributed by atoms with Gasteiger partial charge < -0.3 is 19.0 Å². The van der Waals surface area contributed by atoms with E-state index in [0.717, 1.165) is 0 Å². The van der Waals surface area contributed by atoms with E-state index in [1.807, 2.05) is 18.2 Å². The van der Waals surface area contributed by atoms with Crippen LogP contribution in [0, 0.1) is 0 Å². The first kappa shape index (κ1) is 19.3. The monoisotopic (exact) mass is 376 g/mol. The maximum atomic E-state index is 12.6. The Morgan fingerprint density at radius 1 is 1.08 bits per heavy atom. The molecule has 6 heteroatoms. The molecule has 5 atom stereocenters. The molecule has 1 aromatic carbocycles. The van der Waals surface area contributed by atoms with E-state index in [9.17, 15) is 9.90 Å². The summed E-state index contributed by atoms with van der Waals surface area (Å²) in [6, 6.07) is 8.81. The normalized spacial score (nSPS) is 31.1. The van der Waals surface area contributed by atoms with Crippen LogP contribution in [0.2, 0.25) is 18.1 Å². The summed E-state index contributed by atoms with van der Waals surface area (Å²) >= 11 is 0. The number of carbonyl (C=O) groups excluding carboxylic acids is 1. The van der Waals surface area contributed by atoms with Crippen LogP contribution in [0.15, 0.2) is 42.5 Å². The summed E-state index contributed by atoms with van der Waals surface area (Å²) in [5.74, 6) is -0.459. The number of esters is 1. The summed E-state index contributed by atoms with van der Waals surface area (Å²) < 4.78 is 18.1. The first-order valence-electron chi connectivity index (χ1n) is 9.06. The van der Waals surface area contributed by atoms with Gasteiger partial charge in [0.25, 0.3) is 0 Å². The second-order valence-corrected chi connectivity index (χ2v) is 13.3. The van der Waals surface area contributed by atoms with Crippen molar-refractivity contribution in [3.63, 3.8) is 0 Å². The molecule has 3 rings (SSSR count). The highest BCUT2D eigenvalue weighted by atomic mass is 28.4. The largest absolute Gasteiger partial charge is 0.453 e. The van der Waals surface area contributed by atoms with Gasteiger partial charge in [-0.25, -0.2) is 4.79 Å². The Hall–Kier alpha value is -1.47. The van der Waals surface area contributed by atoms with Gasteiger partial charge in [0.15, 0.2) is 14.4 Å². The molecule has 0 aliphatic carbocycles. The molecule has 1 aromatic rings. The average molecular weight is 377 g/mol. The lowest BCUT2D eigenvalue weighted by molar-refractivity contribution is -0.183. The predicted octanol–water partition coefficient (Wildman–Crippen LogP) is 3.30. The van der Waals surface area contributed by atoms with Crippen LogP contribution in [0.4, 0.5) is 0 Å². The summed E-state index contributed by atoms with van der Waals surface area (Å²) in [7, 11) is -2.15. The molecule has 26 heavy (non-hydrogen) atoms. The highest BCUT2D eigenvalue weighted by Crippen LogP contribution is 2.41. The van der Waals surface area contributed by atoms with Crippen LogP contribution in [0.1, 0.15) is 31.1 Å². The van der Waals surface area contributed by atoms with E-state index in [-0.39, 0.29) is 11.1 Å². The maximum Gasteiger partial charge on any atom is 0.338 e. The van der Waals surface area contributed by atoms with Gasteiger partial charge in [0.05, 0.1) is 5.56 Å². The molecule has 2 aliphatic rings. The zero-order chi connectivity index (χ0) is 19.1. The van der Waals surface area contributed by atoms with Crippen molar-refractivity contribution in [2.24, 2.45) is 0 Å². The number of rotatable bonds is 4.